The molecule has 0 aliphatic carbocycles. The van der Waals surface area contributed by atoms with Crippen LogP contribution < -0.4 is 5.32 Å². The van der Waals surface area contributed by atoms with E-state index in [1.165, 1.54) is 16.1 Å². The van der Waals surface area contributed by atoms with Gasteiger partial charge >= 0.3 is 0 Å². The third-order valence-electron chi connectivity index (χ3n) is 3.71. The normalized spacial score (nSPS) is 11.2. The van der Waals surface area contributed by atoms with Crippen molar-refractivity contribution >= 4 is 11.3 Å². The Morgan fingerprint density at radius 3 is 2.76 bits per heavy atom. The van der Waals surface area contributed by atoms with Gasteiger partial charge in [0.2, 0.25) is 0 Å². The third-order valence-corrected chi connectivity index (χ3v) is 4.71. The van der Waals surface area contributed by atoms with Gasteiger partial charge < -0.3 is 10.1 Å². The molecule has 0 aliphatic heterocycles. The molecule has 5 nitrogen and oxygen atoms in total. The van der Waals surface area contributed by atoms with Gasteiger partial charge in [-0.1, -0.05) is 0 Å². The van der Waals surface area contributed by atoms with Gasteiger partial charge in [0, 0.05) is 49.3 Å². The SMILES string of the molecule is COCCNCc1c(C)nn(CCc2scnc2C)c1C. The second-order valence-corrected chi connectivity index (χ2v) is 6.09. The van der Waals surface area contributed by atoms with Gasteiger partial charge in [0.15, 0.2) is 0 Å². The Morgan fingerprint density at radius 2 is 2.10 bits per heavy atom. The van der Waals surface area contributed by atoms with E-state index in [0.29, 0.717) is 0 Å². The fourth-order valence-electron chi connectivity index (χ4n) is 2.37. The predicted octanol–water partition coefficient (Wildman–Crippen LogP) is 2.24. The molecule has 0 bridgehead atoms. The maximum Gasteiger partial charge on any atom is 0.0797 e. The highest BCUT2D eigenvalue weighted by atomic mass is 32.1. The van der Waals surface area contributed by atoms with Crippen LogP contribution in [-0.4, -0.2) is 35.0 Å². The van der Waals surface area contributed by atoms with Crippen molar-refractivity contribution in [3.8, 4) is 0 Å². The van der Waals surface area contributed by atoms with Crippen LogP contribution in [0.25, 0.3) is 0 Å². The predicted molar refractivity (Wildman–Crippen MR) is 85.8 cm³/mol. The Balaban J connectivity index is 1.96. The lowest BCUT2D eigenvalue weighted by Crippen LogP contribution is -2.19. The van der Waals surface area contributed by atoms with Crippen molar-refractivity contribution in [3.63, 3.8) is 0 Å². The molecule has 0 saturated heterocycles. The molecule has 2 rings (SSSR count). The average Bonchev–Trinajstić information content (AvgIpc) is 2.98. The van der Waals surface area contributed by atoms with E-state index in [1.54, 1.807) is 18.4 Å². The molecule has 116 valence electrons. The molecule has 21 heavy (non-hydrogen) atoms. The average molecular weight is 308 g/mol. The molecule has 0 spiro atoms. The number of nitrogens with zero attached hydrogens (tertiary/aromatic N) is 3. The number of nitrogens with one attached hydrogen (secondary N) is 1. The molecule has 6 heteroatoms. The zero-order valence-electron chi connectivity index (χ0n) is 13.3. The van der Waals surface area contributed by atoms with Crippen molar-refractivity contribution in [2.45, 2.75) is 40.3 Å². The summed E-state index contributed by atoms with van der Waals surface area (Å²) in [4.78, 5) is 5.65. The molecule has 0 aliphatic rings. The molecule has 2 aromatic heterocycles. The molecule has 0 atom stereocenters. The molecular formula is C15H24N4OS. The maximum absolute atomic E-state index is 5.05. The summed E-state index contributed by atoms with van der Waals surface area (Å²) in [5.74, 6) is 0. The molecular weight excluding hydrogens is 284 g/mol. The van der Waals surface area contributed by atoms with Gasteiger partial charge in [-0.15, -0.1) is 11.3 Å². The monoisotopic (exact) mass is 308 g/mol. The van der Waals surface area contributed by atoms with Crippen LogP contribution in [0, 0.1) is 20.8 Å². The van der Waals surface area contributed by atoms with Gasteiger partial charge in [-0.3, -0.25) is 4.68 Å². The van der Waals surface area contributed by atoms with Crippen LogP contribution in [0.1, 0.15) is 27.5 Å². The summed E-state index contributed by atoms with van der Waals surface area (Å²) >= 11 is 1.73. The van der Waals surface area contributed by atoms with Gasteiger partial charge in [-0.25, -0.2) is 4.98 Å². The van der Waals surface area contributed by atoms with Crippen molar-refractivity contribution < 1.29 is 4.74 Å². The summed E-state index contributed by atoms with van der Waals surface area (Å²) < 4.78 is 7.16. The van der Waals surface area contributed by atoms with Gasteiger partial charge in [-0.2, -0.15) is 5.10 Å². The number of rotatable bonds is 8. The van der Waals surface area contributed by atoms with Crippen LogP contribution in [0.5, 0.6) is 0 Å². The molecule has 0 fully saturated rings. The van der Waals surface area contributed by atoms with E-state index < -0.39 is 0 Å². The van der Waals surface area contributed by atoms with Crippen LogP contribution in [-0.2, 0) is 24.2 Å². The molecule has 0 unspecified atom stereocenters. The molecule has 1 N–H and O–H groups in total. The number of aryl methyl sites for hydroxylation is 4. The first-order valence-electron chi connectivity index (χ1n) is 7.25. The molecule has 0 amide bonds. The Kier molecular flexibility index (Phi) is 5.90. The summed E-state index contributed by atoms with van der Waals surface area (Å²) in [6, 6.07) is 0. The van der Waals surface area contributed by atoms with Gasteiger partial charge in [0.05, 0.1) is 23.5 Å². The topological polar surface area (TPSA) is 52.0 Å². The number of methoxy groups -OCH3 is 1. The number of thiazole rings is 1. The van der Waals surface area contributed by atoms with Gasteiger partial charge in [-0.05, 0) is 20.8 Å². The first-order valence-corrected chi connectivity index (χ1v) is 8.13. The Labute approximate surface area is 130 Å². The van der Waals surface area contributed by atoms with Crippen LogP contribution in [0.2, 0.25) is 0 Å². The lowest BCUT2D eigenvalue weighted by atomic mass is 10.2. The molecule has 0 aromatic carbocycles. The number of ether oxygens (including phenoxy) is 1. The highest BCUT2D eigenvalue weighted by molar-refractivity contribution is 7.09. The maximum atomic E-state index is 5.05. The standard InChI is InChI=1S/C15H24N4OS/c1-11-14(9-16-6-8-20-4)13(3)19(18-11)7-5-15-12(2)17-10-21-15/h10,16H,5-9H2,1-4H3. The van der Waals surface area contributed by atoms with Gasteiger partial charge in [0.25, 0.3) is 0 Å². The van der Waals surface area contributed by atoms with E-state index in [-0.39, 0.29) is 0 Å². The summed E-state index contributed by atoms with van der Waals surface area (Å²) in [5, 5.41) is 8.06. The van der Waals surface area contributed by atoms with Crippen LogP contribution in [0.15, 0.2) is 5.51 Å². The smallest absolute Gasteiger partial charge is 0.0797 e. The Morgan fingerprint density at radius 1 is 1.29 bits per heavy atom. The van der Waals surface area contributed by atoms with E-state index in [1.807, 2.05) is 5.51 Å². The molecule has 0 saturated carbocycles. The Bertz CT molecular complexity index is 576. The highest BCUT2D eigenvalue weighted by Gasteiger charge is 2.11. The molecule has 0 radical (unpaired) electrons. The number of hydrogen-bond acceptors (Lipinski definition) is 5. The molecule has 2 aromatic rings. The second kappa shape index (κ2) is 7.68. The fourth-order valence-corrected chi connectivity index (χ4v) is 3.14. The van der Waals surface area contributed by atoms with E-state index in [0.717, 1.165) is 44.0 Å². The lowest BCUT2D eigenvalue weighted by Gasteiger charge is -2.06. The number of hydrogen-bond donors (Lipinski definition) is 1. The van der Waals surface area contributed by atoms with Crippen LogP contribution >= 0.6 is 11.3 Å². The summed E-state index contributed by atoms with van der Waals surface area (Å²) in [5.41, 5.74) is 6.71. The third kappa shape index (κ3) is 4.12. The lowest BCUT2D eigenvalue weighted by molar-refractivity contribution is 0.199. The van der Waals surface area contributed by atoms with Crippen molar-refractivity contribution in [1.82, 2.24) is 20.1 Å². The second-order valence-electron chi connectivity index (χ2n) is 5.15. The van der Waals surface area contributed by atoms with Crippen molar-refractivity contribution in [2.75, 3.05) is 20.3 Å². The zero-order valence-corrected chi connectivity index (χ0v) is 14.1. The largest absolute Gasteiger partial charge is 0.383 e. The zero-order chi connectivity index (χ0) is 15.2. The summed E-state index contributed by atoms with van der Waals surface area (Å²) in [6.45, 7) is 9.64. The minimum absolute atomic E-state index is 0.733. The van der Waals surface area contributed by atoms with Crippen molar-refractivity contribution in [3.05, 3.63) is 33.0 Å². The van der Waals surface area contributed by atoms with Crippen LogP contribution in [0.4, 0.5) is 0 Å². The van der Waals surface area contributed by atoms with E-state index in [4.69, 9.17) is 4.74 Å². The Hall–Kier alpha value is -1.24. The van der Waals surface area contributed by atoms with Crippen LogP contribution in [0.3, 0.4) is 0 Å². The summed E-state index contributed by atoms with van der Waals surface area (Å²) in [7, 11) is 1.72. The van der Waals surface area contributed by atoms with E-state index >= 15 is 0 Å². The minimum Gasteiger partial charge on any atom is -0.383 e. The first kappa shape index (κ1) is 16.1. The minimum atomic E-state index is 0.733. The van der Waals surface area contributed by atoms with E-state index in [2.05, 4.69) is 40.9 Å². The van der Waals surface area contributed by atoms with E-state index in [9.17, 15) is 0 Å². The summed E-state index contributed by atoms with van der Waals surface area (Å²) in [6.07, 6.45) is 0.995. The number of aromatic nitrogens is 3. The highest BCUT2D eigenvalue weighted by Crippen LogP contribution is 2.16. The molecule has 2 heterocycles. The van der Waals surface area contributed by atoms with Crippen molar-refractivity contribution in [2.24, 2.45) is 0 Å². The van der Waals surface area contributed by atoms with Crippen molar-refractivity contribution in [1.29, 1.82) is 0 Å². The quantitative estimate of drug-likeness (QED) is 0.760. The van der Waals surface area contributed by atoms with Gasteiger partial charge in [0.1, 0.15) is 0 Å². The fraction of sp³-hybridized carbons (Fsp3) is 0.600. The first-order chi connectivity index (χ1) is 10.1.